The van der Waals surface area contributed by atoms with Gasteiger partial charge in [0.25, 0.3) is 0 Å². The number of benzene rings is 2. The van der Waals surface area contributed by atoms with E-state index < -0.39 is 11.9 Å². The third-order valence-corrected chi connectivity index (χ3v) is 5.43. The van der Waals surface area contributed by atoms with Crippen molar-refractivity contribution in [1.29, 1.82) is 0 Å². The second-order valence-corrected chi connectivity index (χ2v) is 6.24. The molecule has 0 N–H and O–H groups in total. The fourth-order valence-electron chi connectivity index (χ4n) is 2.18. The zero-order valence-electron chi connectivity index (χ0n) is 10.3. The van der Waals surface area contributed by atoms with Crippen LogP contribution in [0.5, 0.6) is 0 Å². The highest BCUT2D eigenvalue weighted by atomic mass is 35.5. The fourth-order valence-corrected chi connectivity index (χ4v) is 3.52. The molecule has 2 aromatic carbocycles. The highest BCUT2D eigenvalue weighted by Gasteiger charge is 2.34. The molecule has 0 saturated carbocycles. The van der Waals surface area contributed by atoms with Crippen LogP contribution < -0.4 is 0 Å². The Morgan fingerprint density at radius 1 is 0.636 bits per heavy atom. The van der Waals surface area contributed by atoms with Crippen molar-refractivity contribution in [1.82, 2.24) is 0 Å². The molecule has 0 bridgehead atoms. The molecule has 0 aliphatic carbocycles. The molecular formula is C14H3Cl5O3. The molecule has 22 heavy (non-hydrogen) atoms. The fraction of sp³-hybridized carbons (Fsp3) is 0. The Hall–Kier alpha value is -0.970. The van der Waals surface area contributed by atoms with E-state index >= 15 is 0 Å². The lowest BCUT2D eigenvalue weighted by molar-refractivity contribution is 0.0444. The van der Waals surface area contributed by atoms with Crippen LogP contribution in [0, 0.1) is 0 Å². The van der Waals surface area contributed by atoms with Crippen LogP contribution in [0.4, 0.5) is 0 Å². The summed E-state index contributed by atoms with van der Waals surface area (Å²) >= 11 is 30.4. The largest absolute Gasteiger partial charge is 0.386 e. The van der Waals surface area contributed by atoms with Crippen molar-refractivity contribution < 1.29 is 14.3 Å². The molecule has 112 valence electrons. The molecule has 2 aromatic rings. The lowest BCUT2D eigenvalue weighted by Crippen LogP contribution is -1.99. The van der Waals surface area contributed by atoms with Gasteiger partial charge in [0.05, 0.1) is 36.2 Å². The molecule has 1 aliphatic rings. The van der Waals surface area contributed by atoms with Crippen molar-refractivity contribution in [3.63, 3.8) is 0 Å². The average molecular weight is 396 g/mol. The van der Waals surface area contributed by atoms with Gasteiger partial charge < -0.3 is 4.74 Å². The van der Waals surface area contributed by atoms with E-state index in [2.05, 4.69) is 4.74 Å². The Morgan fingerprint density at radius 3 is 1.73 bits per heavy atom. The lowest BCUT2D eigenvalue weighted by atomic mass is 9.96. The van der Waals surface area contributed by atoms with Crippen molar-refractivity contribution in [2.75, 3.05) is 0 Å². The maximum Gasteiger partial charge on any atom is 0.347 e. The van der Waals surface area contributed by atoms with Gasteiger partial charge in [0.2, 0.25) is 0 Å². The van der Waals surface area contributed by atoms with Gasteiger partial charge in [0.1, 0.15) is 0 Å². The zero-order chi connectivity index (χ0) is 16.2. The van der Waals surface area contributed by atoms with E-state index in [1.165, 1.54) is 6.07 Å². The topological polar surface area (TPSA) is 43.4 Å². The van der Waals surface area contributed by atoms with Gasteiger partial charge in [0, 0.05) is 11.1 Å². The number of esters is 2. The number of rotatable bonds is 1. The van der Waals surface area contributed by atoms with E-state index in [9.17, 15) is 9.59 Å². The SMILES string of the molecule is O=C1OC(=O)c2c1cccc2-c1c(Cl)c(Cl)c(Cl)c(Cl)c1Cl. The van der Waals surface area contributed by atoms with Crippen LogP contribution in [-0.2, 0) is 4.74 Å². The first-order chi connectivity index (χ1) is 10.3. The van der Waals surface area contributed by atoms with Gasteiger partial charge in [-0.05, 0) is 6.07 Å². The summed E-state index contributed by atoms with van der Waals surface area (Å²) in [5.74, 6) is -1.52. The minimum atomic E-state index is -0.787. The Morgan fingerprint density at radius 2 is 1.14 bits per heavy atom. The van der Waals surface area contributed by atoms with E-state index in [1.54, 1.807) is 12.1 Å². The molecule has 8 heteroatoms. The Balaban J connectivity index is 2.41. The van der Waals surface area contributed by atoms with Gasteiger partial charge in [-0.1, -0.05) is 70.1 Å². The first-order valence-corrected chi connectivity index (χ1v) is 7.65. The molecule has 3 nitrogen and oxygen atoms in total. The van der Waals surface area contributed by atoms with Crippen molar-refractivity contribution in [3.05, 3.63) is 54.4 Å². The molecule has 0 spiro atoms. The van der Waals surface area contributed by atoms with Gasteiger partial charge in [-0.2, -0.15) is 0 Å². The average Bonchev–Trinajstić information content (AvgIpc) is 2.79. The van der Waals surface area contributed by atoms with E-state index in [0.29, 0.717) is 5.56 Å². The van der Waals surface area contributed by atoms with Crippen LogP contribution in [0.25, 0.3) is 11.1 Å². The van der Waals surface area contributed by atoms with Crippen molar-refractivity contribution in [3.8, 4) is 11.1 Å². The Kier molecular flexibility index (Phi) is 4.04. The summed E-state index contributed by atoms with van der Waals surface area (Å²) in [5.41, 5.74) is 0.692. The predicted molar refractivity (Wildman–Crippen MR) is 86.7 cm³/mol. The summed E-state index contributed by atoms with van der Waals surface area (Å²) in [7, 11) is 0. The summed E-state index contributed by atoms with van der Waals surface area (Å²) in [4.78, 5) is 23.5. The number of carbonyl (C=O) groups is 2. The molecule has 0 amide bonds. The van der Waals surface area contributed by atoms with Crippen molar-refractivity contribution >= 4 is 69.9 Å². The van der Waals surface area contributed by atoms with E-state index in [4.69, 9.17) is 58.0 Å². The van der Waals surface area contributed by atoms with Gasteiger partial charge in [-0.3, -0.25) is 0 Å². The van der Waals surface area contributed by atoms with E-state index in [1.807, 2.05) is 0 Å². The molecule has 0 unspecified atom stereocenters. The maximum absolute atomic E-state index is 11.9. The highest BCUT2D eigenvalue weighted by molar-refractivity contribution is 6.56. The minimum absolute atomic E-state index is 0.00280. The number of carbonyl (C=O) groups excluding carboxylic acids is 2. The van der Waals surface area contributed by atoms with Gasteiger partial charge in [-0.25, -0.2) is 9.59 Å². The van der Waals surface area contributed by atoms with Crippen LogP contribution in [0.2, 0.25) is 25.1 Å². The van der Waals surface area contributed by atoms with Crippen LogP contribution in [0.1, 0.15) is 20.7 Å². The predicted octanol–water partition coefficient (Wildman–Crippen LogP) is 5.93. The molecule has 0 radical (unpaired) electrons. The minimum Gasteiger partial charge on any atom is -0.386 e. The summed E-state index contributed by atoms with van der Waals surface area (Å²) in [6, 6.07) is 4.59. The van der Waals surface area contributed by atoms with Crippen molar-refractivity contribution in [2.45, 2.75) is 0 Å². The number of fused-ring (bicyclic) bond motifs is 1. The summed E-state index contributed by atoms with van der Waals surface area (Å²) in [5, 5.41) is 0.0719. The highest BCUT2D eigenvalue weighted by Crippen LogP contribution is 2.49. The van der Waals surface area contributed by atoms with E-state index in [-0.39, 0.29) is 41.8 Å². The van der Waals surface area contributed by atoms with Crippen LogP contribution in [0.3, 0.4) is 0 Å². The first-order valence-electron chi connectivity index (χ1n) is 5.76. The van der Waals surface area contributed by atoms with E-state index in [0.717, 1.165) is 0 Å². The maximum atomic E-state index is 11.9. The molecule has 0 saturated heterocycles. The van der Waals surface area contributed by atoms with Gasteiger partial charge in [-0.15, -0.1) is 0 Å². The number of ether oxygens (including phenoxy) is 1. The van der Waals surface area contributed by atoms with Gasteiger partial charge in [0.15, 0.2) is 0 Å². The Bertz CT molecular complexity index is 831. The van der Waals surface area contributed by atoms with Crippen molar-refractivity contribution in [2.24, 2.45) is 0 Å². The summed E-state index contributed by atoms with van der Waals surface area (Å²) in [6.45, 7) is 0. The third kappa shape index (κ3) is 2.20. The Labute approximate surface area is 149 Å². The molecule has 0 aromatic heterocycles. The number of halogens is 5. The second-order valence-electron chi connectivity index (χ2n) is 4.35. The molecule has 1 aliphatic heterocycles. The molecule has 0 fully saturated rings. The number of cyclic esters (lactones) is 2. The quantitative estimate of drug-likeness (QED) is 0.260. The monoisotopic (exact) mass is 394 g/mol. The van der Waals surface area contributed by atoms with Crippen LogP contribution >= 0.6 is 58.0 Å². The molecular weight excluding hydrogens is 393 g/mol. The van der Waals surface area contributed by atoms with Crippen LogP contribution in [-0.4, -0.2) is 11.9 Å². The van der Waals surface area contributed by atoms with Gasteiger partial charge >= 0.3 is 11.9 Å². The van der Waals surface area contributed by atoms with Crippen LogP contribution in [0.15, 0.2) is 18.2 Å². The molecule has 1 heterocycles. The third-order valence-electron chi connectivity index (χ3n) is 3.15. The summed E-state index contributed by atoms with van der Waals surface area (Å²) in [6.07, 6.45) is 0. The number of hydrogen-bond donors (Lipinski definition) is 0. The second kappa shape index (κ2) is 5.59. The smallest absolute Gasteiger partial charge is 0.347 e. The first kappa shape index (κ1) is 15.9. The molecule has 3 rings (SSSR count). The lowest BCUT2D eigenvalue weighted by Gasteiger charge is -2.14. The molecule has 0 atom stereocenters. The number of hydrogen-bond acceptors (Lipinski definition) is 3. The standard InChI is InChI=1S/C14H3Cl5O3/c15-8-7(9(16)11(18)12(19)10(8)17)4-2-1-3-5-6(4)14(21)22-13(5)20/h1-3H. The summed E-state index contributed by atoms with van der Waals surface area (Å²) < 4.78 is 4.60. The normalized spacial score (nSPS) is 13.3. The zero-order valence-corrected chi connectivity index (χ0v) is 14.1.